The average Bonchev–Trinajstić information content (AvgIpc) is 2.93. The summed E-state index contributed by atoms with van der Waals surface area (Å²) < 4.78 is 3.21. The molecule has 15 heavy (non-hydrogen) atoms. The van der Waals surface area contributed by atoms with Crippen LogP contribution < -0.4 is 0 Å². The molecule has 0 fully saturated rings. The number of hydrogen-bond acceptors (Lipinski definition) is 5. The fourth-order valence-corrected chi connectivity index (χ4v) is 2.10. The fraction of sp³-hybridized carbons (Fsp3) is 0. The Morgan fingerprint density at radius 2 is 2.40 bits per heavy atom. The Labute approximate surface area is 87.8 Å². The minimum atomic E-state index is 0.483. The molecule has 0 saturated carbocycles. The number of fused-ring (bicyclic) bond motifs is 1. The molecule has 0 spiro atoms. The van der Waals surface area contributed by atoms with Crippen LogP contribution in [-0.4, -0.2) is 30.4 Å². The topological polar surface area (TPSA) is 65.1 Å². The van der Waals surface area contributed by atoms with E-state index in [2.05, 4.69) is 15.1 Å². The van der Waals surface area contributed by atoms with Gasteiger partial charge in [0, 0.05) is 11.6 Å². The molecule has 0 saturated heterocycles. The summed E-state index contributed by atoms with van der Waals surface area (Å²) in [6, 6.07) is 0. The van der Waals surface area contributed by atoms with Crippen molar-refractivity contribution in [2.75, 3.05) is 0 Å². The summed E-state index contributed by atoms with van der Waals surface area (Å²) in [4.78, 5) is 19.9. The fourth-order valence-electron chi connectivity index (χ4n) is 1.39. The van der Waals surface area contributed by atoms with E-state index in [0.717, 1.165) is 11.2 Å². The zero-order valence-corrected chi connectivity index (χ0v) is 8.26. The molecule has 0 aliphatic rings. The lowest BCUT2D eigenvalue weighted by molar-refractivity contribution is 0.111. The molecule has 0 bridgehead atoms. The van der Waals surface area contributed by atoms with E-state index in [9.17, 15) is 4.79 Å². The van der Waals surface area contributed by atoms with Gasteiger partial charge in [0.2, 0.25) is 0 Å². The highest BCUT2D eigenvalue weighted by Crippen LogP contribution is 2.17. The van der Waals surface area contributed by atoms with Crippen LogP contribution in [-0.2, 0) is 0 Å². The zero-order valence-electron chi connectivity index (χ0n) is 7.44. The lowest BCUT2D eigenvalue weighted by Crippen LogP contribution is -2.00. The second kappa shape index (κ2) is 2.99. The number of carbonyl (C=O) groups excluding carboxylic acids is 1. The monoisotopic (exact) mass is 219 g/mol. The minimum Gasteiger partial charge on any atom is -0.296 e. The summed E-state index contributed by atoms with van der Waals surface area (Å²) >= 11 is 1.47. The van der Waals surface area contributed by atoms with Gasteiger partial charge in [-0.2, -0.15) is 10.1 Å². The maximum absolute atomic E-state index is 11.0. The molecule has 6 nitrogen and oxygen atoms in total. The third kappa shape index (κ3) is 1.10. The van der Waals surface area contributed by atoms with Crippen LogP contribution in [0, 0.1) is 0 Å². The molecule has 0 unspecified atom stereocenters. The van der Waals surface area contributed by atoms with Gasteiger partial charge in [-0.05, 0) is 0 Å². The zero-order chi connectivity index (χ0) is 10.3. The van der Waals surface area contributed by atoms with E-state index in [4.69, 9.17) is 0 Å². The maximum Gasteiger partial charge on any atom is 0.196 e. The lowest BCUT2D eigenvalue weighted by atomic mass is 10.5. The van der Waals surface area contributed by atoms with Crippen LogP contribution >= 0.6 is 11.3 Å². The molecule has 0 radical (unpaired) electrons. The number of aromatic nitrogens is 5. The number of rotatable bonds is 2. The van der Waals surface area contributed by atoms with E-state index in [-0.39, 0.29) is 0 Å². The number of carbonyl (C=O) groups is 1. The molecule has 74 valence electrons. The SMILES string of the molecule is O=Cc1c(-n2cncn2)nc2sccn12. The Morgan fingerprint density at radius 3 is 3.13 bits per heavy atom. The van der Waals surface area contributed by atoms with Crippen molar-refractivity contribution in [3.05, 3.63) is 29.9 Å². The van der Waals surface area contributed by atoms with Gasteiger partial charge in [-0.15, -0.1) is 11.3 Å². The lowest BCUT2D eigenvalue weighted by Gasteiger charge is -1.94. The van der Waals surface area contributed by atoms with Crippen molar-refractivity contribution >= 4 is 22.6 Å². The largest absolute Gasteiger partial charge is 0.296 e. The number of nitrogens with zero attached hydrogens (tertiary/aromatic N) is 5. The Bertz CT molecular complexity index is 608. The number of imidazole rings is 1. The maximum atomic E-state index is 11.0. The van der Waals surface area contributed by atoms with Crippen LogP contribution in [0.15, 0.2) is 24.2 Å². The first-order valence-electron chi connectivity index (χ1n) is 4.16. The van der Waals surface area contributed by atoms with Gasteiger partial charge in [0.15, 0.2) is 17.1 Å². The smallest absolute Gasteiger partial charge is 0.196 e. The second-order valence-corrected chi connectivity index (χ2v) is 3.71. The Hall–Kier alpha value is -2.02. The molecule has 0 amide bonds. The predicted octanol–water partition coefficient (Wildman–Crippen LogP) is 0.789. The second-order valence-electron chi connectivity index (χ2n) is 2.83. The van der Waals surface area contributed by atoms with E-state index in [1.165, 1.54) is 28.7 Å². The summed E-state index contributed by atoms with van der Waals surface area (Å²) in [5.41, 5.74) is 0.483. The van der Waals surface area contributed by atoms with Gasteiger partial charge in [0.1, 0.15) is 18.3 Å². The first-order valence-corrected chi connectivity index (χ1v) is 5.04. The standard InChI is InChI=1S/C8H5N5OS/c14-3-6-7(13-5-9-4-10-13)11-8-12(6)1-2-15-8/h1-5H. The Kier molecular flexibility index (Phi) is 1.65. The molecule has 0 aliphatic heterocycles. The van der Waals surface area contributed by atoms with Crippen molar-refractivity contribution in [1.29, 1.82) is 0 Å². The first-order chi connectivity index (χ1) is 7.40. The van der Waals surface area contributed by atoms with Crippen molar-refractivity contribution in [2.45, 2.75) is 0 Å². The van der Waals surface area contributed by atoms with Gasteiger partial charge in [0.05, 0.1) is 0 Å². The third-order valence-electron chi connectivity index (χ3n) is 2.03. The Morgan fingerprint density at radius 1 is 1.47 bits per heavy atom. The molecule has 0 atom stereocenters. The molecular formula is C8H5N5OS. The van der Waals surface area contributed by atoms with Gasteiger partial charge in [-0.3, -0.25) is 9.20 Å². The van der Waals surface area contributed by atoms with Crippen LogP contribution in [0.4, 0.5) is 0 Å². The van der Waals surface area contributed by atoms with E-state index >= 15 is 0 Å². The highest BCUT2D eigenvalue weighted by molar-refractivity contribution is 7.15. The van der Waals surface area contributed by atoms with Gasteiger partial charge < -0.3 is 0 Å². The Balaban J connectivity index is 2.35. The molecule has 0 aromatic carbocycles. The van der Waals surface area contributed by atoms with Crippen LogP contribution in [0.2, 0.25) is 0 Å². The summed E-state index contributed by atoms with van der Waals surface area (Å²) in [7, 11) is 0. The van der Waals surface area contributed by atoms with E-state index in [0.29, 0.717) is 11.5 Å². The van der Waals surface area contributed by atoms with E-state index in [1.807, 2.05) is 5.38 Å². The predicted molar refractivity (Wildman–Crippen MR) is 53.4 cm³/mol. The van der Waals surface area contributed by atoms with Crippen LogP contribution in [0.1, 0.15) is 10.5 Å². The summed E-state index contributed by atoms with van der Waals surface area (Å²) in [6.07, 6.45) is 5.49. The summed E-state index contributed by atoms with van der Waals surface area (Å²) in [6.45, 7) is 0. The van der Waals surface area contributed by atoms with Crippen LogP contribution in [0.3, 0.4) is 0 Å². The molecular weight excluding hydrogens is 214 g/mol. The third-order valence-corrected chi connectivity index (χ3v) is 2.78. The van der Waals surface area contributed by atoms with Gasteiger partial charge >= 0.3 is 0 Å². The van der Waals surface area contributed by atoms with Crippen LogP contribution in [0.5, 0.6) is 0 Å². The molecule has 0 N–H and O–H groups in total. The number of hydrogen-bond donors (Lipinski definition) is 0. The van der Waals surface area contributed by atoms with Crippen molar-refractivity contribution < 1.29 is 4.79 Å². The van der Waals surface area contributed by atoms with E-state index < -0.39 is 0 Å². The highest BCUT2D eigenvalue weighted by Gasteiger charge is 2.13. The van der Waals surface area contributed by atoms with Crippen molar-refractivity contribution in [3.8, 4) is 5.82 Å². The van der Waals surface area contributed by atoms with Crippen molar-refractivity contribution in [2.24, 2.45) is 0 Å². The normalized spacial score (nSPS) is 10.9. The molecule has 0 aliphatic carbocycles. The number of thiazole rings is 1. The molecule has 3 aromatic rings. The quantitative estimate of drug-likeness (QED) is 0.598. The molecule has 3 aromatic heterocycles. The van der Waals surface area contributed by atoms with Crippen molar-refractivity contribution in [3.63, 3.8) is 0 Å². The summed E-state index contributed by atoms with van der Waals surface area (Å²) in [5, 5.41) is 5.82. The molecule has 3 heterocycles. The van der Waals surface area contributed by atoms with Gasteiger partial charge in [0.25, 0.3) is 0 Å². The van der Waals surface area contributed by atoms with Crippen molar-refractivity contribution in [1.82, 2.24) is 24.1 Å². The van der Waals surface area contributed by atoms with Crippen LogP contribution in [0.25, 0.3) is 10.8 Å². The minimum absolute atomic E-state index is 0.483. The molecule has 7 heteroatoms. The highest BCUT2D eigenvalue weighted by atomic mass is 32.1. The summed E-state index contributed by atoms with van der Waals surface area (Å²) in [5.74, 6) is 0.509. The first kappa shape index (κ1) is 8.30. The molecule has 3 rings (SSSR count). The van der Waals surface area contributed by atoms with Gasteiger partial charge in [-0.1, -0.05) is 0 Å². The van der Waals surface area contributed by atoms with Gasteiger partial charge in [-0.25, -0.2) is 9.67 Å². The number of aldehydes is 1. The average molecular weight is 219 g/mol. The van der Waals surface area contributed by atoms with E-state index in [1.54, 1.807) is 10.6 Å².